The Morgan fingerprint density at radius 3 is 2.12 bits per heavy atom. The van der Waals surface area contributed by atoms with Gasteiger partial charge < -0.3 is 14.2 Å². The highest BCUT2D eigenvalue weighted by Crippen LogP contribution is 2.38. The van der Waals surface area contributed by atoms with Crippen LogP contribution in [0.1, 0.15) is 52.5 Å². The minimum atomic E-state index is -4.45. The van der Waals surface area contributed by atoms with Gasteiger partial charge >= 0.3 is 13.3 Å². The fraction of sp³-hybridized carbons (Fsp3) is 0.706. The second-order valence-electron chi connectivity index (χ2n) is 7.77. The zero-order valence-corrected chi connectivity index (χ0v) is 15.1. The van der Waals surface area contributed by atoms with Gasteiger partial charge in [-0.3, -0.25) is 0 Å². The van der Waals surface area contributed by atoms with Gasteiger partial charge in [0.15, 0.2) is 0 Å². The van der Waals surface area contributed by atoms with Crippen LogP contribution in [0.2, 0.25) is 0 Å². The van der Waals surface area contributed by atoms with E-state index in [2.05, 4.69) is 4.98 Å². The number of hydrogen-bond donors (Lipinski definition) is 0. The van der Waals surface area contributed by atoms with Gasteiger partial charge in [-0.1, -0.05) is 0 Å². The summed E-state index contributed by atoms with van der Waals surface area (Å²) in [6, 6.07) is 1.12. The van der Waals surface area contributed by atoms with Crippen molar-refractivity contribution in [3.8, 4) is 0 Å². The molecule has 0 bridgehead atoms. The second kappa shape index (κ2) is 6.16. The number of alkyl halides is 3. The molecule has 4 nitrogen and oxygen atoms in total. The molecule has 0 aromatic carbocycles. The number of halogens is 3. The number of rotatable bonds is 2. The molecule has 1 aromatic heterocycles. The van der Waals surface area contributed by atoms with E-state index in [1.54, 1.807) is 0 Å². The first kappa shape index (κ1) is 18.5. The molecule has 0 spiro atoms. The van der Waals surface area contributed by atoms with Crippen LogP contribution >= 0.6 is 0 Å². The lowest BCUT2D eigenvalue weighted by atomic mass is 9.78. The molecule has 0 unspecified atom stereocenters. The monoisotopic (exact) mass is 356 g/mol. The van der Waals surface area contributed by atoms with E-state index in [9.17, 15) is 13.2 Å². The lowest BCUT2D eigenvalue weighted by Gasteiger charge is -2.32. The van der Waals surface area contributed by atoms with E-state index < -0.39 is 30.1 Å². The highest BCUT2D eigenvalue weighted by Gasteiger charge is 2.53. The van der Waals surface area contributed by atoms with Gasteiger partial charge in [-0.2, -0.15) is 13.2 Å². The molecule has 0 radical (unpaired) electrons. The predicted molar refractivity (Wildman–Crippen MR) is 91.0 cm³/mol. The van der Waals surface area contributed by atoms with Gasteiger partial charge in [-0.05, 0) is 53.0 Å². The molecule has 1 aromatic rings. The molecule has 8 heteroatoms. The number of anilines is 1. The zero-order valence-electron chi connectivity index (χ0n) is 15.1. The quantitative estimate of drug-likeness (QED) is 0.761. The molecule has 0 atom stereocenters. The maximum Gasteiger partial charge on any atom is 0.498 e. The summed E-state index contributed by atoms with van der Waals surface area (Å²) in [5, 5.41) is 0. The third kappa shape index (κ3) is 3.51. The highest BCUT2D eigenvalue weighted by molar-refractivity contribution is 6.63. The lowest BCUT2D eigenvalue weighted by Crippen LogP contribution is -2.42. The van der Waals surface area contributed by atoms with Crippen LogP contribution in [0.4, 0.5) is 19.0 Å². The standard InChI is InChI=1S/C17H24BF3N2O2/c1-15(2)16(3,4)25-18(24-15)13-10-12(17(19,20)21)11-22-14(13)23-8-6-5-7-9-23/h10-11H,5-9H2,1-4H3. The second-order valence-corrected chi connectivity index (χ2v) is 7.77. The summed E-state index contributed by atoms with van der Waals surface area (Å²) in [6.45, 7) is 9.10. The van der Waals surface area contributed by atoms with Gasteiger partial charge in [-0.25, -0.2) is 4.98 Å². The molecule has 25 heavy (non-hydrogen) atoms. The fourth-order valence-corrected chi connectivity index (χ4v) is 3.14. The average molecular weight is 356 g/mol. The lowest BCUT2D eigenvalue weighted by molar-refractivity contribution is -0.137. The fourth-order valence-electron chi connectivity index (χ4n) is 3.14. The largest absolute Gasteiger partial charge is 0.498 e. The molecular weight excluding hydrogens is 332 g/mol. The van der Waals surface area contributed by atoms with Gasteiger partial charge in [-0.15, -0.1) is 0 Å². The van der Waals surface area contributed by atoms with Crippen LogP contribution < -0.4 is 10.4 Å². The number of pyridine rings is 1. The smallest absolute Gasteiger partial charge is 0.399 e. The normalized spacial score (nSPS) is 23.2. The average Bonchev–Trinajstić information content (AvgIpc) is 2.75. The first-order chi connectivity index (χ1) is 11.5. The van der Waals surface area contributed by atoms with Gasteiger partial charge in [0.25, 0.3) is 0 Å². The minimum Gasteiger partial charge on any atom is -0.399 e. The molecular formula is C17H24BF3N2O2. The number of aromatic nitrogens is 1. The minimum absolute atomic E-state index is 0.357. The van der Waals surface area contributed by atoms with Crippen molar-refractivity contribution in [2.24, 2.45) is 0 Å². The third-order valence-corrected chi connectivity index (χ3v) is 5.39. The van der Waals surface area contributed by atoms with E-state index in [-0.39, 0.29) is 0 Å². The highest BCUT2D eigenvalue weighted by atomic mass is 19.4. The van der Waals surface area contributed by atoms with Crippen molar-refractivity contribution in [2.45, 2.75) is 64.3 Å². The van der Waals surface area contributed by atoms with E-state index in [0.29, 0.717) is 11.3 Å². The van der Waals surface area contributed by atoms with E-state index in [1.807, 2.05) is 32.6 Å². The van der Waals surface area contributed by atoms with Crippen LogP contribution in [0.25, 0.3) is 0 Å². The van der Waals surface area contributed by atoms with Gasteiger partial charge in [0, 0.05) is 24.7 Å². The Morgan fingerprint density at radius 2 is 1.60 bits per heavy atom. The van der Waals surface area contributed by atoms with Crippen molar-refractivity contribution >= 4 is 18.4 Å². The first-order valence-corrected chi connectivity index (χ1v) is 8.69. The summed E-state index contributed by atoms with van der Waals surface area (Å²) < 4.78 is 51.6. The Bertz CT molecular complexity index is 627. The van der Waals surface area contributed by atoms with Gasteiger partial charge in [0.05, 0.1) is 16.8 Å². The first-order valence-electron chi connectivity index (χ1n) is 8.69. The van der Waals surface area contributed by atoms with Crippen LogP contribution in [0.5, 0.6) is 0 Å². The maximum absolute atomic E-state index is 13.2. The Balaban J connectivity index is 2.02. The van der Waals surface area contributed by atoms with Crippen molar-refractivity contribution in [1.82, 2.24) is 4.98 Å². The molecule has 2 aliphatic rings. The Labute approximate surface area is 146 Å². The molecule has 3 rings (SSSR count). The molecule has 2 fully saturated rings. The number of nitrogens with zero attached hydrogens (tertiary/aromatic N) is 2. The summed E-state index contributed by atoms with van der Waals surface area (Å²) in [6.07, 6.45) is -0.412. The zero-order chi connectivity index (χ0) is 18.5. The van der Waals surface area contributed by atoms with Crippen LogP contribution in [0.15, 0.2) is 12.3 Å². The van der Waals surface area contributed by atoms with Crippen molar-refractivity contribution in [3.05, 3.63) is 17.8 Å². The molecule has 0 aliphatic carbocycles. The summed E-state index contributed by atoms with van der Waals surface area (Å²) in [7, 11) is -0.864. The molecule has 0 N–H and O–H groups in total. The van der Waals surface area contributed by atoms with E-state index >= 15 is 0 Å². The summed E-state index contributed by atoms with van der Waals surface area (Å²) >= 11 is 0. The summed E-state index contributed by atoms with van der Waals surface area (Å²) in [4.78, 5) is 6.19. The van der Waals surface area contributed by atoms with Crippen molar-refractivity contribution in [1.29, 1.82) is 0 Å². The van der Waals surface area contributed by atoms with E-state index in [0.717, 1.165) is 44.6 Å². The van der Waals surface area contributed by atoms with Crippen LogP contribution in [0, 0.1) is 0 Å². The molecule has 138 valence electrons. The third-order valence-electron chi connectivity index (χ3n) is 5.39. The van der Waals surface area contributed by atoms with Crippen molar-refractivity contribution in [2.75, 3.05) is 18.0 Å². The molecule has 0 saturated carbocycles. The van der Waals surface area contributed by atoms with E-state index in [4.69, 9.17) is 9.31 Å². The van der Waals surface area contributed by atoms with Gasteiger partial charge in [0.1, 0.15) is 5.82 Å². The van der Waals surface area contributed by atoms with Gasteiger partial charge in [0.2, 0.25) is 0 Å². The van der Waals surface area contributed by atoms with Crippen LogP contribution in [-0.2, 0) is 15.5 Å². The summed E-state index contributed by atoms with van der Waals surface area (Å²) in [5.41, 5.74) is -1.66. The Kier molecular flexibility index (Phi) is 4.56. The molecule has 2 aliphatic heterocycles. The number of piperidine rings is 1. The molecule has 2 saturated heterocycles. The van der Waals surface area contributed by atoms with Crippen molar-refractivity contribution < 1.29 is 22.5 Å². The van der Waals surface area contributed by atoms with E-state index in [1.165, 1.54) is 0 Å². The van der Waals surface area contributed by atoms with Crippen molar-refractivity contribution in [3.63, 3.8) is 0 Å². The predicted octanol–water partition coefficient (Wildman–Crippen LogP) is 3.39. The Morgan fingerprint density at radius 1 is 1.04 bits per heavy atom. The molecule has 0 amide bonds. The topological polar surface area (TPSA) is 34.6 Å². The SMILES string of the molecule is CC1(C)OB(c2cc(C(F)(F)F)cnc2N2CCCCC2)OC1(C)C. The summed E-state index contributed by atoms with van der Waals surface area (Å²) in [5.74, 6) is 0.534. The maximum atomic E-state index is 13.2. The van der Waals surface area contributed by atoms with Crippen LogP contribution in [0.3, 0.4) is 0 Å². The molecule has 3 heterocycles. The Hall–Kier alpha value is -1.28. The number of hydrogen-bond acceptors (Lipinski definition) is 4. The van der Waals surface area contributed by atoms with Crippen LogP contribution in [-0.4, -0.2) is 36.4 Å².